The van der Waals surface area contributed by atoms with Crippen LogP contribution >= 0.6 is 11.3 Å². The van der Waals surface area contributed by atoms with Crippen molar-refractivity contribution in [2.24, 2.45) is 0 Å². The number of thiophene rings is 1. The van der Waals surface area contributed by atoms with Crippen LogP contribution in [0.2, 0.25) is 0 Å². The zero-order valence-electron chi connectivity index (χ0n) is 9.98. The number of hydrogen-bond donors (Lipinski definition) is 1. The molecule has 2 rings (SSSR count). The lowest BCUT2D eigenvalue weighted by atomic mass is 9.97. The Bertz CT molecular complexity index is 349. The molecule has 17 heavy (non-hydrogen) atoms. The summed E-state index contributed by atoms with van der Waals surface area (Å²) < 4.78 is 24.1. The van der Waals surface area contributed by atoms with E-state index in [2.05, 4.69) is 10.7 Å². The van der Waals surface area contributed by atoms with Crippen LogP contribution in [0.4, 0.5) is 8.78 Å². The maximum atomic E-state index is 12.1. The van der Waals surface area contributed by atoms with Gasteiger partial charge in [-0.3, -0.25) is 0 Å². The molecule has 0 fully saturated rings. The van der Waals surface area contributed by atoms with Crippen LogP contribution in [-0.4, -0.2) is 13.0 Å². The van der Waals surface area contributed by atoms with Crippen molar-refractivity contribution in [3.63, 3.8) is 0 Å². The molecule has 1 aromatic heterocycles. The second-order valence-corrected chi connectivity index (χ2v) is 5.56. The van der Waals surface area contributed by atoms with E-state index in [1.54, 1.807) is 11.3 Å². The van der Waals surface area contributed by atoms with Crippen molar-refractivity contribution in [3.8, 4) is 0 Å². The Balaban J connectivity index is 1.97. The number of nitrogens with one attached hydrogen (secondary N) is 1. The van der Waals surface area contributed by atoms with Crippen molar-refractivity contribution in [2.75, 3.05) is 6.54 Å². The Morgan fingerprint density at radius 1 is 1.18 bits per heavy atom. The molecule has 0 saturated heterocycles. The Morgan fingerprint density at radius 2 is 1.94 bits per heavy atom. The molecule has 96 valence electrons. The van der Waals surface area contributed by atoms with Gasteiger partial charge in [-0.15, -0.1) is 11.3 Å². The molecule has 0 aliphatic heterocycles. The smallest absolute Gasteiger partial charge is 0.250 e. The van der Waals surface area contributed by atoms with Gasteiger partial charge in [-0.1, -0.05) is 12.8 Å². The Labute approximate surface area is 105 Å². The monoisotopic (exact) mass is 259 g/mol. The number of fused-ring (bicyclic) bond motifs is 1. The summed E-state index contributed by atoms with van der Waals surface area (Å²) in [4.78, 5) is 1.48. The van der Waals surface area contributed by atoms with Crippen molar-refractivity contribution in [1.29, 1.82) is 0 Å². The third-order valence-electron chi connectivity index (χ3n) is 3.26. The molecular weight excluding hydrogens is 240 g/mol. The van der Waals surface area contributed by atoms with E-state index < -0.39 is 6.43 Å². The van der Waals surface area contributed by atoms with Crippen molar-refractivity contribution >= 4 is 11.3 Å². The first-order chi connectivity index (χ1) is 8.27. The highest BCUT2D eigenvalue weighted by molar-refractivity contribution is 7.10. The molecule has 0 saturated carbocycles. The van der Waals surface area contributed by atoms with Crippen molar-refractivity contribution < 1.29 is 8.78 Å². The number of hydrogen-bond acceptors (Lipinski definition) is 2. The normalized spacial score (nSPS) is 16.6. The highest BCUT2D eigenvalue weighted by Crippen LogP contribution is 2.28. The number of halogens is 2. The van der Waals surface area contributed by atoms with Gasteiger partial charge in [0.05, 0.1) is 6.54 Å². The molecule has 1 N–H and O–H groups in total. The van der Waals surface area contributed by atoms with Crippen LogP contribution in [0.3, 0.4) is 0 Å². The predicted molar refractivity (Wildman–Crippen MR) is 67.9 cm³/mol. The number of alkyl halides is 2. The lowest BCUT2D eigenvalue weighted by Crippen LogP contribution is -2.21. The van der Waals surface area contributed by atoms with Crippen molar-refractivity contribution in [3.05, 3.63) is 21.4 Å². The van der Waals surface area contributed by atoms with Gasteiger partial charge in [0.2, 0.25) is 0 Å². The fraction of sp³-hybridized carbons (Fsp3) is 0.692. The highest BCUT2D eigenvalue weighted by atomic mass is 32.1. The summed E-state index contributed by atoms with van der Waals surface area (Å²) >= 11 is 1.81. The second kappa shape index (κ2) is 6.45. The SMILES string of the molecule is FC(F)CNCc1csc2c1CCCCCC2. The van der Waals surface area contributed by atoms with Gasteiger partial charge in [0.15, 0.2) is 0 Å². The quantitative estimate of drug-likeness (QED) is 0.868. The molecule has 0 amide bonds. The average Bonchev–Trinajstić information content (AvgIpc) is 2.59. The van der Waals surface area contributed by atoms with Crippen LogP contribution in [0.25, 0.3) is 0 Å². The van der Waals surface area contributed by atoms with E-state index in [-0.39, 0.29) is 6.54 Å². The first kappa shape index (κ1) is 13.0. The molecule has 0 atom stereocenters. The summed E-state index contributed by atoms with van der Waals surface area (Å²) in [6, 6.07) is 0. The molecule has 1 aliphatic rings. The highest BCUT2D eigenvalue weighted by Gasteiger charge is 2.13. The third-order valence-corrected chi connectivity index (χ3v) is 4.40. The van der Waals surface area contributed by atoms with Crippen LogP contribution in [0.5, 0.6) is 0 Å². The summed E-state index contributed by atoms with van der Waals surface area (Å²) in [5, 5.41) is 4.98. The molecule has 1 heterocycles. The lowest BCUT2D eigenvalue weighted by Gasteiger charge is -2.12. The average molecular weight is 259 g/mol. The maximum absolute atomic E-state index is 12.1. The first-order valence-electron chi connectivity index (χ1n) is 6.34. The van der Waals surface area contributed by atoms with Gasteiger partial charge in [0.1, 0.15) is 0 Å². The van der Waals surface area contributed by atoms with Gasteiger partial charge in [0.25, 0.3) is 6.43 Å². The van der Waals surface area contributed by atoms with Crippen LogP contribution < -0.4 is 5.32 Å². The molecular formula is C13H19F2NS. The van der Waals surface area contributed by atoms with Crippen molar-refractivity contribution in [2.45, 2.75) is 51.5 Å². The van der Waals surface area contributed by atoms with Gasteiger partial charge < -0.3 is 5.32 Å². The zero-order valence-corrected chi connectivity index (χ0v) is 10.8. The first-order valence-corrected chi connectivity index (χ1v) is 7.22. The van der Waals surface area contributed by atoms with E-state index in [4.69, 9.17) is 0 Å². The van der Waals surface area contributed by atoms with E-state index in [1.807, 2.05) is 0 Å². The zero-order chi connectivity index (χ0) is 12.1. The van der Waals surface area contributed by atoms with E-state index in [1.165, 1.54) is 48.1 Å². The summed E-state index contributed by atoms with van der Waals surface area (Å²) in [5.41, 5.74) is 2.68. The molecule has 1 aliphatic carbocycles. The fourth-order valence-corrected chi connectivity index (χ4v) is 3.53. The minimum absolute atomic E-state index is 0.204. The molecule has 1 nitrogen and oxygen atoms in total. The number of aryl methyl sites for hydroxylation is 1. The van der Waals surface area contributed by atoms with E-state index in [9.17, 15) is 8.78 Å². The summed E-state index contributed by atoms with van der Waals surface area (Å²) in [6.07, 6.45) is 5.20. The van der Waals surface area contributed by atoms with Gasteiger partial charge in [-0.2, -0.15) is 0 Å². The van der Waals surface area contributed by atoms with Gasteiger partial charge >= 0.3 is 0 Å². The molecule has 0 bridgehead atoms. The molecule has 0 aromatic carbocycles. The third kappa shape index (κ3) is 3.75. The van der Waals surface area contributed by atoms with Gasteiger partial charge in [0, 0.05) is 11.4 Å². The lowest BCUT2D eigenvalue weighted by molar-refractivity contribution is 0.145. The summed E-state index contributed by atoms with van der Waals surface area (Å²) in [7, 11) is 0. The van der Waals surface area contributed by atoms with Crippen LogP contribution in [-0.2, 0) is 19.4 Å². The molecule has 0 unspecified atom stereocenters. The van der Waals surface area contributed by atoms with E-state index >= 15 is 0 Å². The molecule has 1 aromatic rings. The fourth-order valence-electron chi connectivity index (χ4n) is 2.38. The summed E-state index contributed by atoms with van der Waals surface area (Å²) in [6.45, 7) is 0.390. The van der Waals surface area contributed by atoms with E-state index in [0.29, 0.717) is 6.54 Å². The minimum atomic E-state index is -2.25. The van der Waals surface area contributed by atoms with Crippen LogP contribution in [0.15, 0.2) is 5.38 Å². The Hall–Kier alpha value is -0.480. The van der Waals surface area contributed by atoms with Crippen LogP contribution in [0, 0.1) is 0 Å². The Morgan fingerprint density at radius 3 is 2.71 bits per heavy atom. The topological polar surface area (TPSA) is 12.0 Å². The summed E-state index contributed by atoms with van der Waals surface area (Å²) in [5.74, 6) is 0. The molecule has 0 spiro atoms. The van der Waals surface area contributed by atoms with Crippen LogP contribution in [0.1, 0.15) is 41.7 Å². The number of rotatable bonds is 4. The standard InChI is InChI=1S/C13H19F2NS/c14-13(15)8-16-7-10-9-17-12-6-4-2-1-3-5-11(10)12/h9,13,16H,1-8H2. The van der Waals surface area contributed by atoms with E-state index in [0.717, 1.165) is 6.42 Å². The molecule has 4 heteroatoms. The van der Waals surface area contributed by atoms with Gasteiger partial charge in [-0.05, 0) is 42.2 Å². The van der Waals surface area contributed by atoms with Gasteiger partial charge in [-0.25, -0.2) is 8.78 Å². The largest absolute Gasteiger partial charge is 0.307 e. The predicted octanol–water partition coefficient (Wildman–Crippen LogP) is 3.76. The second-order valence-electron chi connectivity index (χ2n) is 4.60. The van der Waals surface area contributed by atoms with Crippen molar-refractivity contribution in [1.82, 2.24) is 5.32 Å². The Kier molecular flexibility index (Phi) is 4.92. The molecule has 0 radical (unpaired) electrons. The maximum Gasteiger partial charge on any atom is 0.250 e. The minimum Gasteiger partial charge on any atom is -0.307 e.